The highest BCUT2D eigenvalue weighted by Crippen LogP contribution is 2.48. The van der Waals surface area contributed by atoms with Crippen molar-refractivity contribution in [2.75, 3.05) is 13.7 Å². The fourth-order valence-corrected chi connectivity index (χ4v) is 6.27. The van der Waals surface area contributed by atoms with E-state index < -0.39 is 42.0 Å². The molecule has 2 aromatic rings. The van der Waals surface area contributed by atoms with Crippen molar-refractivity contribution in [2.45, 2.75) is 77.0 Å². The van der Waals surface area contributed by atoms with E-state index in [0.29, 0.717) is 13.0 Å². The number of benzene rings is 2. The van der Waals surface area contributed by atoms with Crippen LogP contribution in [0.1, 0.15) is 45.6 Å². The van der Waals surface area contributed by atoms with Gasteiger partial charge in [-0.3, -0.25) is 14.5 Å². The van der Waals surface area contributed by atoms with E-state index >= 15 is 0 Å². The molecule has 1 amide bonds. The number of methoxy groups -OCH3 is 1. The molecule has 2 unspecified atom stereocenters. The van der Waals surface area contributed by atoms with Crippen molar-refractivity contribution < 1.29 is 32.2 Å². The second kappa shape index (κ2) is 9.19. The van der Waals surface area contributed by atoms with Gasteiger partial charge in [-0.05, 0) is 74.1 Å². The number of hydrogen-bond donors (Lipinski definition) is 0. The summed E-state index contributed by atoms with van der Waals surface area (Å²) in [6, 6.07) is 11.1. The van der Waals surface area contributed by atoms with Gasteiger partial charge in [-0.2, -0.15) is 13.2 Å². The van der Waals surface area contributed by atoms with Crippen LogP contribution in [0.3, 0.4) is 0 Å². The number of amides is 1. The number of carbonyl (C=O) groups excluding carboxylic acids is 2. The van der Waals surface area contributed by atoms with Crippen LogP contribution >= 0.6 is 0 Å². The smallest absolute Gasteiger partial charge is 0.397 e. The molecule has 3 saturated heterocycles. The molecule has 0 aromatic heterocycles. The predicted octanol–water partition coefficient (Wildman–Crippen LogP) is 4.93. The number of rotatable bonds is 5. The topological polar surface area (TPSA) is 59.1 Å². The van der Waals surface area contributed by atoms with Gasteiger partial charge in [0.2, 0.25) is 5.91 Å². The zero-order chi connectivity index (χ0) is 26.7. The first kappa shape index (κ1) is 25.8. The molecule has 0 N–H and O–H groups in total. The molecule has 3 bridgehead atoms. The third-order valence-corrected chi connectivity index (χ3v) is 7.93. The third-order valence-electron chi connectivity index (χ3n) is 7.93. The summed E-state index contributed by atoms with van der Waals surface area (Å²) in [4.78, 5) is 29.4. The number of piperidine rings is 2. The molecule has 5 atom stereocenters. The number of alkyl halides is 3. The van der Waals surface area contributed by atoms with Crippen LogP contribution in [0.25, 0.3) is 10.8 Å². The minimum absolute atomic E-state index is 0.0853. The number of halogens is 3. The van der Waals surface area contributed by atoms with Crippen LogP contribution in [0.4, 0.5) is 13.2 Å². The maximum absolute atomic E-state index is 13.2. The van der Waals surface area contributed by atoms with Crippen molar-refractivity contribution in [3.8, 4) is 5.75 Å². The van der Waals surface area contributed by atoms with Gasteiger partial charge in [-0.25, -0.2) is 0 Å². The summed E-state index contributed by atoms with van der Waals surface area (Å²) in [7, 11) is 1.63. The van der Waals surface area contributed by atoms with Crippen LogP contribution in [0, 0.1) is 11.3 Å². The monoisotopic (exact) mass is 518 g/mol. The molecule has 5 rings (SSSR count). The van der Waals surface area contributed by atoms with E-state index in [2.05, 4.69) is 11.0 Å². The second-order valence-corrected chi connectivity index (χ2v) is 11.6. The maximum atomic E-state index is 13.2. The summed E-state index contributed by atoms with van der Waals surface area (Å²) >= 11 is 0. The SMILES string of the molecule is COc1ccc2cc(CN3[C@@H]4CC5C[C@H]3[C@H](OC(=O)C(C)(C)C)C4N(C(=O)CC(F)(F)F)C5)ccc2c1. The first-order valence-electron chi connectivity index (χ1n) is 12.7. The number of likely N-dealkylation sites (tertiary alicyclic amines) is 1. The summed E-state index contributed by atoms with van der Waals surface area (Å²) < 4.78 is 50.8. The van der Waals surface area contributed by atoms with E-state index in [1.165, 1.54) is 4.90 Å². The van der Waals surface area contributed by atoms with Gasteiger partial charge in [0, 0.05) is 25.2 Å². The highest BCUT2D eigenvalue weighted by atomic mass is 19.4. The number of nitrogens with zero attached hydrogens (tertiary/aromatic N) is 2. The molecule has 3 fully saturated rings. The number of fused-ring (bicyclic) bond motifs is 3. The summed E-state index contributed by atoms with van der Waals surface area (Å²) in [6.07, 6.45) is -5.30. The van der Waals surface area contributed by atoms with E-state index in [1.807, 2.05) is 30.3 Å². The van der Waals surface area contributed by atoms with E-state index in [1.54, 1.807) is 27.9 Å². The average Bonchev–Trinajstić information content (AvgIpc) is 2.93. The molecule has 9 heteroatoms. The Bertz CT molecular complexity index is 1210. The molecule has 0 aliphatic carbocycles. The molecular weight excluding hydrogens is 485 g/mol. The van der Waals surface area contributed by atoms with Gasteiger partial charge in [0.25, 0.3) is 0 Å². The lowest BCUT2D eigenvalue weighted by Crippen LogP contribution is -2.58. The van der Waals surface area contributed by atoms with Gasteiger partial charge in [0.05, 0.1) is 18.6 Å². The van der Waals surface area contributed by atoms with Gasteiger partial charge in [-0.1, -0.05) is 18.2 Å². The number of carbonyl (C=O) groups is 2. The molecule has 6 nitrogen and oxygen atoms in total. The lowest BCUT2D eigenvalue weighted by molar-refractivity contribution is -0.171. The van der Waals surface area contributed by atoms with Crippen LogP contribution in [0.15, 0.2) is 36.4 Å². The molecule has 3 aliphatic heterocycles. The summed E-state index contributed by atoms with van der Waals surface area (Å²) in [5, 5.41) is 2.10. The van der Waals surface area contributed by atoms with Crippen LogP contribution in [0.2, 0.25) is 0 Å². The molecule has 0 radical (unpaired) electrons. The van der Waals surface area contributed by atoms with Crippen molar-refractivity contribution in [1.29, 1.82) is 0 Å². The Morgan fingerprint density at radius 3 is 2.35 bits per heavy atom. The normalized spacial score (nSPS) is 27.5. The Balaban J connectivity index is 1.46. The van der Waals surface area contributed by atoms with Crippen molar-refractivity contribution in [1.82, 2.24) is 9.80 Å². The Morgan fingerprint density at radius 2 is 1.68 bits per heavy atom. The minimum Gasteiger partial charge on any atom is -0.497 e. The van der Waals surface area contributed by atoms with Gasteiger partial charge in [0.1, 0.15) is 18.3 Å². The third kappa shape index (κ3) is 5.02. The fraction of sp³-hybridized carbons (Fsp3) is 0.571. The molecule has 2 aromatic carbocycles. The number of esters is 1. The van der Waals surface area contributed by atoms with Gasteiger partial charge in [0.15, 0.2) is 0 Å². The van der Waals surface area contributed by atoms with Crippen LogP contribution in [-0.4, -0.2) is 65.7 Å². The Kier molecular flexibility index (Phi) is 6.41. The Hall–Kier alpha value is -2.81. The van der Waals surface area contributed by atoms with Crippen molar-refractivity contribution >= 4 is 22.6 Å². The zero-order valence-corrected chi connectivity index (χ0v) is 21.5. The van der Waals surface area contributed by atoms with E-state index in [9.17, 15) is 22.8 Å². The van der Waals surface area contributed by atoms with Crippen LogP contribution in [-0.2, 0) is 20.9 Å². The lowest BCUT2D eigenvalue weighted by Gasteiger charge is -2.46. The molecule has 37 heavy (non-hydrogen) atoms. The molecule has 0 spiro atoms. The first-order chi connectivity index (χ1) is 17.3. The van der Waals surface area contributed by atoms with Gasteiger partial charge < -0.3 is 14.4 Å². The average molecular weight is 519 g/mol. The van der Waals surface area contributed by atoms with E-state index in [0.717, 1.165) is 28.5 Å². The molecule has 200 valence electrons. The Labute approximate surface area is 214 Å². The molecule has 3 aliphatic rings. The molecule has 0 saturated carbocycles. The maximum Gasteiger partial charge on any atom is 0.397 e. The van der Waals surface area contributed by atoms with E-state index in [4.69, 9.17) is 9.47 Å². The minimum atomic E-state index is -4.59. The van der Waals surface area contributed by atoms with Crippen molar-refractivity contribution in [2.24, 2.45) is 11.3 Å². The first-order valence-corrected chi connectivity index (χ1v) is 12.7. The number of hydrogen-bond acceptors (Lipinski definition) is 5. The quantitative estimate of drug-likeness (QED) is 0.526. The zero-order valence-electron chi connectivity index (χ0n) is 21.5. The fourth-order valence-electron chi connectivity index (χ4n) is 6.27. The van der Waals surface area contributed by atoms with Gasteiger partial charge in [-0.15, -0.1) is 0 Å². The van der Waals surface area contributed by atoms with Crippen LogP contribution in [0.5, 0.6) is 5.75 Å². The van der Waals surface area contributed by atoms with Gasteiger partial charge >= 0.3 is 12.1 Å². The highest BCUT2D eigenvalue weighted by molar-refractivity contribution is 5.84. The van der Waals surface area contributed by atoms with Crippen molar-refractivity contribution in [3.63, 3.8) is 0 Å². The van der Waals surface area contributed by atoms with Crippen LogP contribution < -0.4 is 4.74 Å². The highest BCUT2D eigenvalue weighted by Gasteiger charge is 2.61. The number of ether oxygens (including phenoxy) is 2. The summed E-state index contributed by atoms with van der Waals surface area (Å²) in [5.41, 5.74) is 0.293. The van der Waals surface area contributed by atoms with Crippen molar-refractivity contribution in [3.05, 3.63) is 42.0 Å². The Morgan fingerprint density at radius 1 is 1.00 bits per heavy atom. The standard InChI is InChI=1S/C28H33F3N2O4/c1-27(2,3)26(35)37-25-22-11-17-10-21(24(25)33(15-17)23(34)13-28(29,30)31)32(22)14-16-5-6-19-12-20(36-4)8-7-18(19)9-16/h5-9,12,17,21-22,24-25H,10-11,13-15H2,1-4H3/t17?,21-,22+,24?,25+/m1/s1. The second-order valence-electron chi connectivity index (χ2n) is 11.6. The molecular formula is C28H33F3N2O4. The summed E-state index contributed by atoms with van der Waals surface area (Å²) in [5.74, 6) is -0.484. The summed E-state index contributed by atoms with van der Waals surface area (Å²) in [6.45, 7) is 6.10. The molecule has 3 heterocycles. The largest absolute Gasteiger partial charge is 0.497 e. The van der Waals surface area contributed by atoms with E-state index in [-0.39, 0.29) is 24.5 Å². The lowest BCUT2D eigenvalue weighted by atomic mass is 9.86. The predicted molar refractivity (Wildman–Crippen MR) is 132 cm³/mol.